The van der Waals surface area contributed by atoms with E-state index in [1.54, 1.807) is 0 Å². The van der Waals surface area contributed by atoms with Crippen LogP contribution in [0.15, 0.2) is 11.1 Å². The number of rotatable bonds is 4. The third-order valence-electron chi connectivity index (χ3n) is 7.43. The minimum absolute atomic E-state index is 0.0505. The molecule has 1 aliphatic heterocycles. The molecule has 2 amide bonds. The van der Waals surface area contributed by atoms with Crippen LogP contribution in [0, 0.1) is 28.6 Å². The molecule has 2 aliphatic carbocycles. The molecule has 5 atom stereocenters. The molecule has 2 fully saturated rings. The first-order chi connectivity index (χ1) is 10.2. The zero-order chi connectivity index (χ0) is 16.4. The van der Waals surface area contributed by atoms with Crippen molar-refractivity contribution >= 4 is 23.4 Å². The quantitative estimate of drug-likeness (QED) is 0.343. The summed E-state index contributed by atoms with van der Waals surface area (Å²) in [6, 6.07) is 0. The van der Waals surface area contributed by atoms with Crippen LogP contribution in [0.5, 0.6) is 0 Å². The van der Waals surface area contributed by atoms with Crippen molar-refractivity contribution < 1.29 is 9.59 Å². The van der Waals surface area contributed by atoms with Gasteiger partial charge in [-0.15, -0.1) is 11.6 Å². The van der Waals surface area contributed by atoms with Gasteiger partial charge in [0.2, 0.25) is 11.8 Å². The molecule has 0 aromatic carbocycles. The second-order valence-electron chi connectivity index (χ2n) is 7.72. The van der Waals surface area contributed by atoms with E-state index in [0.717, 1.165) is 12.8 Å². The second-order valence-corrected chi connectivity index (χ2v) is 8.09. The summed E-state index contributed by atoms with van der Waals surface area (Å²) < 4.78 is 0. The van der Waals surface area contributed by atoms with Crippen molar-refractivity contribution in [1.29, 1.82) is 0 Å². The molecule has 3 rings (SSSR count). The summed E-state index contributed by atoms with van der Waals surface area (Å²) in [4.78, 5) is 27.5. The summed E-state index contributed by atoms with van der Waals surface area (Å²) in [7, 11) is 0. The molecule has 1 heterocycles. The maximum atomic E-state index is 13.0. The van der Waals surface area contributed by atoms with Gasteiger partial charge in [-0.05, 0) is 32.6 Å². The van der Waals surface area contributed by atoms with Gasteiger partial charge in [-0.25, -0.2) is 0 Å². The van der Waals surface area contributed by atoms with Gasteiger partial charge in [0, 0.05) is 23.3 Å². The van der Waals surface area contributed by atoms with Crippen LogP contribution < -0.4 is 0 Å². The largest absolute Gasteiger partial charge is 0.282 e. The molecule has 4 heteroatoms. The third kappa shape index (κ3) is 1.54. The highest BCUT2D eigenvalue weighted by molar-refractivity contribution is 6.17. The summed E-state index contributed by atoms with van der Waals surface area (Å²) in [5, 5.41) is 0. The number of hydrogen-bond donors (Lipinski definition) is 0. The Balaban J connectivity index is 2.00. The zero-order valence-electron chi connectivity index (χ0n) is 14.2. The number of halogens is 1. The maximum absolute atomic E-state index is 13.0. The highest BCUT2D eigenvalue weighted by Gasteiger charge is 2.75. The number of imide groups is 1. The Labute approximate surface area is 138 Å². The Hall–Kier alpha value is -0.830. The van der Waals surface area contributed by atoms with Crippen LogP contribution >= 0.6 is 11.6 Å². The minimum Gasteiger partial charge on any atom is -0.282 e. The van der Waals surface area contributed by atoms with E-state index in [1.807, 2.05) is 0 Å². The van der Waals surface area contributed by atoms with Crippen molar-refractivity contribution in [2.24, 2.45) is 28.6 Å². The van der Waals surface area contributed by atoms with Gasteiger partial charge < -0.3 is 0 Å². The summed E-state index contributed by atoms with van der Waals surface area (Å²) in [6.07, 6.45) is 1.64. The van der Waals surface area contributed by atoms with Gasteiger partial charge >= 0.3 is 0 Å². The number of carbonyl (C=O) groups is 2. The van der Waals surface area contributed by atoms with Gasteiger partial charge in [0.05, 0.1) is 11.8 Å². The lowest BCUT2D eigenvalue weighted by atomic mass is 9.66. The van der Waals surface area contributed by atoms with Gasteiger partial charge in [0.15, 0.2) is 0 Å². The third-order valence-corrected chi connectivity index (χ3v) is 7.70. The summed E-state index contributed by atoms with van der Waals surface area (Å²) >= 11 is 5.72. The van der Waals surface area contributed by atoms with Crippen LogP contribution in [-0.4, -0.2) is 29.1 Å². The average Bonchev–Trinajstić information content (AvgIpc) is 2.89. The number of fused-ring (bicyclic) bond motifs is 5. The smallest absolute Gasteiger partial charge is 0.234 e. The fourth-order valence-corrected chi connectivity index (χ4v) is 5.79. The minimum atomic E-state index is -0.169. The Bertz CT molecular complexity index is 540. The Morgan fingerprint density at radius 1 is 1.00 bits per heavy atom. The predicted molar refractivity (Wildman–Crippen MR) is 87.4 cm³/mol. The highest BCUT2D eigenvalue weighted by Crippen LogP contribution is 2.74. The van der Waals surface area contributed by atoms with Crippen LogP contribution in [0.25, 0.3) is 0 Å². The molecular weight excluding hydrogens is 298 g/mol. The molecule has 3 unspecified atom stereocenters. The predicted octanol–water partition coefficient (Wildman–Crippen LogP) is 3.62. The number of likely N-dealkylation sites (tertiary alicyclic amines) is 1. The van der Waals surface area contributed by atoms with E-state index in [2.05, 4.69) is 34.6 Å². The van der Waals surface area contributed by atoms with E-state index in [-0.39, 0.29) is 34.5 Å². The van der Waals surface area contributed by atoms with E-state index in [9.17, 15) is 9.59 Å². The first-order valence-corrected chi connectivity index (χ1v) is 8.87. The summed E-state index contributed by atoms with van der Waals surface area (Å²) in [5.74, 6) is 0.686. The molecule has 2 bridgehead atoms. The number of nitrogens with zero attached hydrogens (tertiary/aromatic N) is 1. The maximum Gasteiger partial charge on any atom is 0.234 e. The van der Waals surface area contributed by atoms with E-state index in [1.165, 1.54) is 16.0 Å². The topological polar surface area (TPSA) is 37.4 Å². The normalized spacial score (nSPS) is 43.5. The van der Waals surface area contributed by atoms with Crippen molar-refractivity contribution in [3.63, 3.8) is 0 Å². The summed E-state index contributed by atoms with van der Waals surface area (Å²) in [5.41, 5.74) is 2.31. The van der Waals surface area contributed by atoms with Crippen molar-refractivity contribution in [2.75, 3.05) is 12.4 Å². The van der Waals surface area contributed by atoms with Crippen molar-refractivity contribution in [3.05, 3.63) is 11.1 Å². The number of allylic oxidation sites excluding steroid dienone is 2. The SMILES string of the molecule is CC1=C(C)[C@]2(C)C3C(=O)N(CCCCCl)C(=O)C3[C@@]1(C)C2C. The average molecular weight is 324 g/mol. The van der Waals surface area contributed by atoms with Crippen LogP contribution in [0.3, 0.4) is 0 Å². The van der Waals surface area contributed by atoms with E-state index < -0.39 is 0 Å². The molecule has 3 nitrogen and oxygen atoms in total. The van der Waals surface area contributed by atoms with Crippen molar-refractivity contribution in [3.8, 4) is 0 Å². The highest BCUT2D eigenvalue weighted by atomic mass is 35.5. The molecule has 22 heavy (non-hydrogen) atoms. The zero-order valence-corrected chi connectivity index (χ0v) is 15.0. The molecule has 0 spiro atoms. The molecular formula is C18H26ClNO2. The van der Waals surface area contributed by atoms with Crippen molar-refractivity contribution in [1.82, 2.24) is 4.90 Å². The standard InChI is InChI=1S/C18H26ClNO2/c1-10-11(2)18(5)12(3)17(10,4)13-14(18)16(22)20(15(13)21)9-7-6-8-19/h12-14H,6-9H2,1-5H3/t12?,13?,14?,17-,18+. The van der Waals surface area contributed by atoms with Gasteiger partial charge in [0.25, 0.3) is 0 Å². The van der Waals surface area contributed by atoms with E-state index in [0.29, 0.717) is 18.3 Å². The van der Waals surface area contributed by atoms with Gasteiger partial charge in [-0.3, -0.25) is 14.5 Å². The number of carbonyl (C=O) groups excluding carboxylic acids is 2. The van der Waals surface area contributed by atoms with Gasteiger partial charge in [-0.2, -0.15) is 0 Å². The fraction of sp³-hybridized carbons (Fsp3) is 0.778. The number of hydrogen-bond acceptors (Lipinski definition) is 2. The molecule has 0 radical (unpaired) electrons. The van der Waals surface area contributed by atoms with Crippen molar-refractivity contribution in [2.45, 2.75) is 47.5 Å². The van der Waals surface area contributed by atoms with Crippen LogP contribution in [-0.2, 0) is 9.59 Å². The first-order valence-electron chi connectivity index (χ1n) is 8.33. The van der Waals surface area contributed by atoms with E-state index >= 15 is 0 Å². The summed E-state index contributed by atoms with van der Waals surface area (Å²) in [6.45, 7) is 11.4. The van der Waals surface area contributed by atoms with Crippen LogP contribution in [0.1, 0.15) is 47.5 Å². The Morgan fingerprint density at radius 3 is 1.86 bits per heavy atom. The molecule has 3 aliphatic rings. The molecule has 0 aromatic rings. The van der Waals surface area contributed by atoms with Crippen LogP contribution in [0.4, 0.5) is 0 Å². The van der Waals surface area contributed by atoms with Gasteiger partial charge in [0.1, 0.15) is 0 Å². The number of amides is 2. The van der Waals surface area contributed by atoms with Crippen LogP contribution in [0.2, 0.25) is 0 Å². The monoisotopic (exact) mass is 323 g/mol. The number of alkyl halides is 1. The Kier molecular flexibility index (Phi) is 3.52. The Morgan fingerprint density at radius 2 is 1.45 bits per heavy atom. The molecule has 1 saturated heterocycles. The fourth-order valence-electron chi connectivity index (χ4n) is 5.61. The molecule has 1 saturated carbocycles. The lowest BCUT2D eigenvalue weighted by Gasteiger charge is -2.34. The molecule has 122 valence electrons. The first kappa shape index (κ1) is 16.0. The van der Waals surface area contributed by atoms with E-state index in [4.69, 9.17) is 11.6 Å². The van der Waals surface area contributed by atoms with Gasteiger partial charge in [-0.1, -0.05) is 31.9 Å². The molecule has 0 N–H and O–H groups in total. The molecule has 0 aromatic heterocycles. The lowest BCUT2D eigenvalue weighted by molar-refractivity contribution is -0.142. The lowest BCUT2D eigenvalue weighted by Crippen LogP contribution is -2.39. The number of unbranched alkanes of at least 4 members (excludes halogenated alkanes) is 1. The second kappa shape index (κ2) is 4.83.